The Balaban J connectivity index is 1.70. The maximum Gasteiger partial charge on any atom is 0.406 e. The van der Waals surface area contributed by atoms with E-state index in [1.807, 2.05) is 35.2 Å². The van der Waals surface area contributed by atoms with Gasteiger partial charge in [-0.25, -0.2) is 0 Å². The molecule has 0 bridgehead atoms. The number of aliphatic hydroxyl groups is 1. The first-order chi connectivity index (χ1) is 11.1. The first kappa shape index (κ1) is 15.5. The maximum atomic E-state index is 11.1. The molecule has 7 heteroatoms. The summed E-state index contributed by atoms with van der Waals surface area (Å²) in [5.41, 5.74) is 0.928. The minimum atomic E-state index is -0.486. The molecule has 23 heavy (non-hydrogen) atoms. The molecule has 2 aromatic rings. The van der Waals surface area contributed by atoms with Crippen LogP contribution in [0.4, 0.5) is 11.6 Å². The van der Waals surface area contributed by atoms with Crippen LogP contribution in [-0.4, -0.2) is 32.7 Å². The summed E-state index contributed by atoms with van der Waals surface area (Å²) in [5, 5.41) is 21.6. The van der Waals surface area contributed by atoms with Crippen molar-refractivity contribution < 1.29 is 10.0 Å². The fourth-order valence-corrected chi connectivity index (χ4v) is 3.25. The van der Waals surface area contributed by atoms with Gasteiger partial charge in [0.2, 0.25) is 12.1 Å². The van der Waals surface area contributed by atoms with E-state index in [2.05, 4.69) is 4.98 Å². The Labute approximate surface area is 134 Å². The van der Waals surface area contributed by atoms with Crippen LogP contribution in [0.2, 0.25) is 0 Å². The van der Waals surface area contributed by atoms with Crippen LogP contribution in [0.3, 0.4) is 0 Å². The lowest BCUT2D eigenvalue weighted by Crippen LogP contribution is -2.37. The Morgan fingerprint density at radius 2 is 1.96 bits per heavy atom. The van der Waals surface area contributed by atoms with Crippen molar-refractivity contribution in [2.45, 2.75) is 18.9 Å². The third-order valence-electron chi connectivity index (χ3n) is 4.49. The number of aryl methyl sites for hydroxylation is 1. The van der Waals surface area contributed by atoms with Gasteiger partial charge in [0, 0.05) is 20.1 Å². The molecule has 3 rings (SSSR count). The Hall–Kier alpha value is -2.41. The number of aromatic nitrogens is 2. The summed E-state index contributed by atoms with van der Waals surface area (Å²) in [7, 11) is 1.76. The molecule has 2 heterocycles. The van der Waals surface area contributed by atoms with E-state index in [1.165, 1.54) is 6.33 Å². The maximum absolute atomic E-state index is 11.1. The number of nitrogens with zero attached hydrogens (tertiary/aromatic N) is 4. The first-order valence-corrected chi connectivity index (χ1v) is 7.71. The summed E-state index contributed by atoms with van der Waals surface area (Å²) in [6.45, 7) is 1.35. The van der Waals surface area contributed by atoms with Crippen LogP contribution in [0.1, 0.15) is 24.5 Å². The summed E-state index contributed by atoms with van der Waals surface area (Å²) >= 11 is 0. The second-order valence-electron chi connectivity index (χ2n) is 5.94. The van der Waals surface area contributed by atoms with E-state index >= 15 is 0 Å². The largest absolute Gasteiger partial charge is 0.406 e. The molecule has 7 nitrogen and oxygen atoms in total. The number of imidazole rings is 1. The van der Waals surface area contributed by atoms with Crippen molar-refractivity contribution in [1.29, 1.82) is 0 Å². The highest BCUT2D eigenvalue weighted by Crippen LogP contribution is 2.34. The topological polar surface area (TPSA) is 84.4 Å². The van der Waals surface area contributed by atoms with E-state index in [9.17, 15) is 15.2 Å². The Bertz CT molecular complexity index is 678. The molecule has 1 saturated heterocycles. The number of anilines is 1. The van der Waals surface area contributed by atoms with Crippen LogP contribution < -0.4 is 4.90 Å². The molecule has 0 saturated carbocycles. The normalized spacial score (nSPS) is 17.2. The zero-order valence-corrected chi connectivity index (χ0v) is 13.0. The molecule has 1 aromatic heterocycles. The molecule has 122 valence electrons. The number of nitro groups is 1. The van der Waals surface area contributed by atoms with Gasteiger partial charge in [0.25, 0.3) is 0 Å². The number of hydrogen-bond donors (Lipinski definition) is 1. The lowest BCUT2D eigenvalue weighted by Gasteiger charge is -2.35. The second kappa shape index (κ2) is 6.37. The summed E-state index contributed by atoms with van der Waals surface area (Å²) in [6.07, 6.45) is 2.56. The summed E-state index contributed by atoms with van der Waals surface area (Å²) in [5.74, 6) is 0.609. The molecule has 0 spiro atoms. The van der Waals surface area contributed by atoms with Gasteiger partial charge in [0.1, 0.15) is 0 Å². The molecule has 0 radical (unpaired) electrons. The van der Waals surface area contributed by atoms with Gasteiger partial charge in [-0.3, -0.25) is 4.57 Å². The molecule has 1 aliphatic heterocycles. The van der Waals surface area contributed by atoms with E-state index in [1.54, 1.807) is 11.6 Å². The molecular weight excluding hydrogens is 296 g/mol. The van der Waals surface area contributed by atoms with Crippen LogP contribution in [0.5, 0.6) is 0 Å². The fraction of sp³-hybridized carbons (Fsp3) is 0.438. The minimum Gasteiger partial charge on any atom is -0.388 e. The van der Waals surface area contributed by atoms with Gasteiger partial charge in [0.05, 0.1) is 6.10 Å². The number of benzene rings is 1. The zero-order valence-electron chi connectivity index (χ0n) is 13.0. The Kier molecular flexibility index (Phi) is 4.29. The Morgan fingerprint density at radius 3 is 2.57 bits per heavy atom. The van der Waals surface area contributed by atoms with E-state index in [0.29, 0.717) is 18.9 Å². The smallest absolute Gasteiger partial charge is 0.388 e. The molecule has 1 unspecified atom stereocenters. The highest BCUT2D eigenvalue weighted by molar-refractivity contribution is 5.54. The quantitative estimate of drug-likeness (QED) is 0.691. The van der Waals surface area contributed by atoms with Gasteiger partial charge in [-0.05, 0) is 34.2 Å². The van der Waals surface area contributed by atoms with Crippen molar-refractivity contribution in [3.8, 4) is 0 Å². The monoisotopic (exact) mass is 316 g/mol. The van der Waals surface area contributed by atoms with Crippen molar-refractivity contribution in [3.63, 3.8) is 0 Å². The fourth-order valence-electron chi connectivity index (χ4n) is 3.25. The first-order valence-electron chi connectivity index (χ1n) is 7.71. The molecular formula is C16H20N4O3. The van der Waals surface area contributed by atoms with Gasteiger partial charge in [-0.1, -0.05) is 30.3 Å². The average molecular weight is 316 g/mol. The lowest BCUT2D eigenvalue weighted by molar-refractivity contribution is -0.388. The molecule has 1 aromatic carbocycles. The summed E-state index contributed by atoms with van der Waals surface area (Å²) in [6, 6.07) is 9.64. The predicted molar refractivity (Wildman–Crippen MR) is 86.2 cm³/mol. The van der Waals surface area contributed by atoms with Crippen LogP contribution in [0.15, 0.2) is 36.7 Å². The number of piperidine rings is 1. The SMILES string of the molecule is Cn1cnc([N+](=O)[O-])c1N1CCC(C(O)c2ccccc2)CC1. The number of rotatable bonds is 4. The van der Waals surface area contributed by atoms with Crippen LogP contribution in [-0.2, 0) is 7.05 Å². The second-order valence-corrected chi connectivity index (χ2v) is 5.94. The van der Waals surface area contributed by atoms with Gasteiger partial charge < -0.3 is 20.1 Å². The van der Waals surface area contributed by atoms with Crippen molar-refractivity contribution in [2.75, 3.05) is 18.0 Å². The van der Waals surface area contributed by atoms with Crippen molar-refractivity contribution in [2.24, 2.45) is 13.0 Å². The third-order valence-corrected chi connectivity index (χ3v) is 4.49. The van der Waals surface area contributed by atoms with Crippen LogP contribution >= 0.6 is 0 Å². The molecule has 1 aliphatic rings. The molecule has 1 atom stereocenters. The van der Waals surface area contributed by atoms with E-state index < -0.39 is 11.0 Å². The zero-order chi connectivity index (χ0) is 16.4. The summed E-state index contributed by atoms with van der Waals surface area (Å²) < 4.78 is 1.69. The van der Waals surface area contributed by atoms with Gasteiger partial charge in [0.15, 0.2) is 0 Å². The van der Waals surface area contributed by atoms with Gasteiger partial charge in [-0.15, -0.1) is 0 Å². The number of aliphatic hydroxyl groups excluding tert-OH is 1. The van der Waals surface area contributed by atoms with Crippen molar-refractivity contribution in [1.82, 2.24) is 9.55 Å². The molecule has 0 amide bonds. The average Bonchev–Trinajstić information content (AvgIpc) is 2.97. The minimum absolute atomic E-state index is 0.102. The van der Waals surface area contributed by atoms with E-state index in [0.717, 1.165) is 18.4 Å². The molecule has 1 fully saturated rings. The van der Waals surface area contributed by atoms with E-state index in [-0.39, 0.29) is 11.7 Å². The highest BCUT2D eigenvalue weighted by atomic mass is 16.6. The van der Waals surface area contributed by atoms with Crippen molar-refractivity contribution >= 4 is 11.6 Å². The molecule has 1 N–H and O–H groups in total. The lowest BCUT2D eigenvalue weighted by atomic mass is 9.87. The highest BCUT2D eigenvalue weighted by Gasteiger charge is 2.31. The predicted octanol–water partition coefficient (Wildman–Crippen LogP) is 2.28. The van der Waals surface area contributed by atoms with E-state index in [4.69, 9.17) is 0 Å². The summed E-state index contributed by atoms with van der Waals surface area (Å²) in [4.78, 5) is 16.5. The standard InChI is InChI=1S/C16H20N4O3/c1-18-11-17-15(20(22)23)16(18)19-9-7-13(8-10-19)14(21)12-5-3-2-4-6-12/h2-6,11,13-14,21H,7-10H2,1H3. The van der Waals surface area contributed by atoms with Crippen LogP contribution in [0.25, 0.3) is 0 Å². The van der Waals surface area contributed by atoms with Crippen LogP contribution in [0, 0.1) is 16.0 Å². The number of hydrogen-bond acceptors (Lipinski definition) is 5. The molecule has 0 aliphatic carbocycles. The Morgan fingerprint density at radius 1 is 1.30 bits per heavy atom. The van der Waals surface area contributed by atoms with Gasteiger partial charge >= 0.3 is 5.82 Å². The third kappa shape index (κ3) is 3.05. The van der Waals surface area contributed by atoms with Crippen molar-refractivity contribution in [3.05, 3.63) is 52.3 Å². The van der Waals surface area contributed by atoms with Gasteiger partial charge in [-0.2, -0.15) is 0 Å².